The summed E-state index contributed by atoms with van der Waals surface area (Å²) in [6.45, 7) is 0. The van der Waals surface area contributed by atoms with Crippen molar-refractivity contribution in [1.29, 1.82) is 0 Å². The number of methoxy groups -OCH3 is 1. The van der Waals surface area contributed by atoms with Crippen molar-refractivity contribution in [1.82, 2.24) is 0 Å². The SMILES string of the molecule is COc1cccc(CC(N)CSc2ccc(Cl)cc2)c1. The molecule has 2 N–H and O–H groups in total. The van der Waals surface area contributed by atoms with Crippen molar-refractivity contribution in [2.24, 2.45) is 5.73 Å². The van der Waals surface area contributed by atoms with Gasteiger partial charge in [0.15, 0.2) is 0 Å². The van der Waals surface area contributed by atoms with E-state index >= 15 is 0 Å². The Balaban J connectivity index is 1.85. The van der Waals surface area contributed by atoms with E-state index < -0.39 is 0 Å². The van der Waals surface area contributed by atoms with Crippen molar-refractivity contribution >= 4 is 23.4 Å². The van der Waals surface area contributed by atoms with E-state index in [1.807, 2.05) is 42.5 Å². The molecule has 0 amide bonds. The molecule has 1 atom stereocenters. The zero-order chi connectivity index (χ0) is 14.4. The molecule has 0 bridgehead atoms. The minimum atomic E-state index is 0.114. The third kappa shape index (κ3) is 4.75. The average molecular weight is 308 g/mol. The summed E-state index contributed by atoms with van der Waals surface area (Å²) in [5, 5.41) is 0.759. The van der Waals surface area contributed by atoms with E-state index in [1.165, 1.54) is 10.5 Å². The predicted octanol–water partition coefficient (Wildman–Crippen LogP) is 4.01. The number of halogens is 1. The summed E-state index contributed by atoms with van der Waals surface area (Å²) in [5.41, 5.74) is 7.39. The Hall–Kier alpha value is -1.16. The van der Waals surface area contributed by atoms with Crippen LogP contribution in [0.5, 0.6) is 5.75 Å². The fourth-order valence-corrected chi connectivity index (χ4v) is 2.87. The van der Waals surface area contributed by atoms with Crippen LogP contribution in [0, 0.1) is 0 Å². The fourth-order valence-electron chi connectivity index (χ4n) is 1.90. The van der Waals surface area contributed by atoms with Gasteiger partial charge in [0, 0.05) is 21.7 Å². The lowest BCUT2D eigenvalue weighted by Crippen LogP contribution is -2.25. The number of rotatable bonds is 6. The van der Waals surface area contributed by atoms with Crippen LogP contribution in [0.4, 0.5) is 0 Å². The number of benzene rings is 2. The molecule has 0 fully saturated rings. The second kappa shape index (κ2) is 7.58. The molecule has 0 aromatic heterocycles. The molecule has 0 aliphatic rings. The van der Waals surface area contributed by atoms with Gasteiger partial charge in [-0.25, -0.2) is 0 Å². The Morgan fingerprint density at radius 2 is 1.95 bits per heavy atom. The molecule has 0 saturated carbocycles. The molecule has 2 nitrogen and oxygen atoms in total. The maximum atomic E-state index is 6.19. The van der Waals surface area contributed by atoms with Crippen molar-refractivity contribution < 1.29 is 4.74 Å². The first kappa shape index (κ1) is 15.2. The van der Waals surface area contributed by atoms with E-state index in [2.05, 4.69) is 6.07 Å². The highest BCUT2D eigenvalue weighted by Gasteiger charge is 2.06. The molecule has 4 heteroatoms. The highest BCUT2D eigenvalue weighted by Crippen LogP contribution is 2.22. The Kier molecular flexibility index (Phi) is 5.77. The molecule has 0 heterocycles. The Labute approximate surface area is 129 Å². The van der Waals surface area contributed by atoms with Crippen LogP contribution < -0.4 is 10.5 Å². The standard InChI is InChI=1S/C16H18ClNOS/c1-19-15-4-2-3-12(10-15)9-14(18)11-20-16-7-5-13(17)6-8-16/h2-8,10,14H,9,11,18H2,1H3. The van der Waals surface area contributed by atoms with E-state index in [-0.39, 0.29) is 6.04 Å². The number of hydrogen-bond acceptors (Lipinski definition) is 3. The average Bonchev–Trinajstić information content (AvgIpc) is 2.47. The van der Waals surface area contributed by atoms with Gasteiger partial charge in [-0.3, -0.25) is 0 Å². The molecule has 0 saturated heterocycles. The van der Waals surface area contributed by atoms with Crippen LogP contribution >= 0.6 is 23.4 Å². The topological polar surface area (TPSA) is 35.2 Å². The van der Waals surface area contributed by atoms with Gasteiger partial charge in [0.2, 0.25) is 0 Å². The summed E-state index contributed by atoms with van der Waals surface area (Å²) in [5.74, 6) is 1.75. The first-order chi connectivity index (χ1) is 9.67. The first-order valence-electron chi connectivity index (χ1n) is 6.44. The minimum absolute atomic E-state index is 0.114. The molecule has 2 aromatic rings. The van der Waals surface area contributed by atoms with Crippen molar-refractivity contribution in [3.05, 3.63) is 59.1 Å². The van der Waals surface area contributed by atoms with E-state index in [9.17, 15) is 0 Å². The van der Waals surface area contributed by atoms with Crippen molar-refractivity contribution in [3.63, 3.8) is 0 Å². The van der Waals surface area contributed by atoms with Crippen LogP contribution in [0.15, 0.2) is 53.4 Å². The second-order valence-electron chi connectivity index (χ2n) is 4.58. The van der Waals surface area contributed by atoms with E-state index in [1.54, 1.807) is 18.9 Å². The van der Waals surface area contributed by atoms with Crippen LogP contribution in [0.1, 0.15) is 5.56 Å². The van der Waals surface area contributed by atoms with Gasteiger partial charge < -0.3 is 10.5 Å². The van der Waals surface area contributed by atoms with Gasteiger partial charge >= 0.3 is 0 Å². The second-order valence-corrected chi connectivity index (χ2v) is 6.11. The summed E-state index contributed by atoms with van der Waals surface area (Å²) in [6.07, 6.45) is 0.845. The molecule has 0 aliphatic heterocycles. The summed E-state index contributed by atoms with van der Waals surface area (Å²) in [4.78, 5) is 1.19. The van der Waals surface area contributed by atoms with Gasteiger partial charge in [0.1, 0.15) is 5.75 Å². The molecule has 2 aromatic carbocycles. The largest absolute Gasteiger partial charge is 0.497 e. The number of thioether (sulfide) groups is 1. The lowest BCUT2D eigenvalue weighted by molar-refractivity contribution is 0.414. The maximum absolute atomic E-state index is 6.19. The van der Waals surface area contributed by atoms with Crippen LogP contribution in [-0.4, -0.2) is 18.9 Å². The molecule has 0 spiro atoms. The highest BCUT2D eigenvalue weighted by molar-refractivity contribution is 7.99. The molecule has 1 unspecified atom stereocenters. The lowest BCUT2D eigenvalue weighted by atomic mass is 10.1. The number of nitrogens with two attached hydrogens (primary N) is 1. The number of hydrogen-bond donors (Lipinski definition) is 1. The lowest BCUT2D eigenvalue weighted by Gasteiger charge is -2.12. The highest BCUT2D eigenvalue weighted by atomic mass is 35.5. The van der Waals surface area contributed by atoms with Gasteiger partial charge in [-0.1, -0.05) is 23.7 Å². The molecule has 0 aliphatic carbocycles. The van der Waals surface area contributed by atoms with Crippen LogP contribution in [0.25, 0.3) is 0 Å². The number of ether oxygens (including phenoxy) is 1. The Morgan fingerprint density at radius 1 is 1.20 bits per heavy atom. The first-order valence-corrected chi connectivity index (χ1v) is 7.80. The smallest absolute Gasteiger partial charge is 0.119 e. The quantitative estimate of drug-likeness (QED) is 0.819. The van der Waals surface area contributed by atoms with E-state index in [0.717, 1.165) is 22.9 Å². The predicted molar refractivity (Wildman–Crippen MR) is 86.8 cm³/mol. The van der Waals surface area contributed by atoms with E-state index in [0.29, 0.717) is 0 Å². The normalized spacial score (nSPS) is 12.2. The van der Waals surface area contributed by atoms with Crippen LogP contribution in [0.2, 0.25) is 5.02 Å². The van der Waals surface area contributed by atoms with Gasteiger partial charge in [0.25, 0.3) is 0 Å². The Bertz CT molecular complexity index is 544. The monoisotopic (exact) mass is 307 g/mol. The van der Waals surface area contributed by atoms with Crippen LogP contribution in [-0.2, 0) is 6.42 Å². The van der Waals surface area contributed by atoms with Gasteiger partial charge in [-0.05, 0) is 48.4 Å². The molecular formula is C16H18ClNOS. The zero-order valence-electron chi connectivity index (χ0n) is 11.4. The molecule has 2 rings (SSSR count). The summed E-state index contributed by atoms with van der Waals surface area (Å²) >= 11 is 7.62. The van der Waals surface area contributed by atoms with Crippen LogP contribution in [0.3, 0.4) is 0 Å². The summed E-state index contributed by atoms with van der Waals surface area (Å²) < 4.78 is 5.22. The third-order valence-electron chi connectivity index (χ3n) is 2.91. The maximum Gasteiger partial charge on any atom is 0.119 e. The molecule has 20 heavy (non-hydrogen) atoms. The van der Waals surface area contributed by atoms with Crippen molar-refractivity contribution in [2.75, 3.05) is 12.9 Å². The minimum Gasteiger partial charge on any atom is -0.497 e. The molecule has 106 valence electrons. The summed E-state index contributed by atoms with van der Waals surface area (Å²) in [6, 6.07) is 16.0. The molecular weight excluding hydrogens is 290 g/mol. The Morgan fingerprint density at radius 3 is 2.65 bits per heavy atom. The van der Waals surface area contributed by atoms with E-state index in [4.69, 9.17) is 22.1 Å². The summed E-state index contributed by atoms with van der Waals surface area (Å²) in [7, 11) is 1.68. The van der Waals surface area contributed by atoms with Gasteiger partial charge in [0.05, 0.1) is 7.11 Å². The van der Waals surface area contributed by atoms with Crippen molar-refractivity contribution in [3.8, 4) is 5.75 Å². The zero-order valence-corrected chi connectivity index (χ0v) is 13.0. The van der Waals surface area contributed by atoms with Crippen molar-refractivity contribution in [2.45, 2.75) is 17.4 Å². The van der Waals surface area contributed by atoms with Gasteiger partial charge in [-0.15, -0.1) is 11.8 Å². The molecule has 0 radical (unpaired) electrons. The third-order valence-corrected chi connectivity index (χ3v) is 4.36. The fraction of sp³-hybridized carbons (Fsp3) is 0.250. The van der Waals surface area contributed by atoms with Gasteiger partial charge in [-0.2, -0.15) is 0 Å².